The first-order valence-electron chi connectivity index (χ1n) is 6.25. The molecule has 0 bridgehead atoms. The Morgan fingerprint density at radius 1 is 1.32 bits per heavy atom. The highest BCUT2D eigenvalue weighted by atomic mass is 32.1. The number of hydrogen-bond donors (Lipinski definition) is 2. The number of hydrogen-bond acceptors (Lipinski definition) is 2. The molecule has 0 amide bonds. The number of aryl methyl sites for hydroxylation is 2. The summed E-state index contributed by atoms with van der Waals surface area (Å²) in [5.74, 6) is -0.986. The number of rotatable bonds is 4. The molecule has 0 saturated heterocycles. The van der Waals surface area contributed by atoms with E-state index in [9.17, 15) is 9.90 Å². The zero-order valence-electron chi connectivity index (χ0n) is 10.9. The van der Waals surface area contributed by atoms with Crippen molar-refractivity contribution in [2.75, 3.05) is 0 Å². The van der Waals surface area contributed by atoms with E-state index in [1.54, 1.807) is 4.57 Å². The van der Waals surface area contributed by atoms with Crippen LogP contribution in [0.5, 0.6) is 0 Å². The molecular weight excluding hydrogens is 260 g/mol. The van der Waals surface area contributed by atoms with Crippen LogP contribution in [-0.2, 0) is 12.8 Å². The summed E-state index contributed by atoms with van der Waals surface area (Å²) < 4.78 is 2.03. The Kier molecular flexibility index (Phi) is 3.85. The van der Waals surface area contributed by atoms with Gasteiger partial charge in [-0.3, -0.25) is 4.57 Å². The van der Waals surface area contributed by atoms with Crippen LogP contribution in [0.4, 0.5) is 0 Å². The van der Waals surface area contributed by atoms with Crippen LogP contribution in [0.1, 0.15) is 35.5 Å². The first-order valence-corrected chi connectivity index (χ1v) is 6.65. The van der Waals surface area contributed by atoms with Crippen LogP contribution in [0.2, 0.25) is 0 Å². The van der Waals surface area contributed by atoms with Crippen molar-refractivity contribution < 1.29 is 9.90 Å². The SMILES string of the molecule is CCc1cccc(CC)c1-n1c(C(=O)O)c[nH]c1=S. The molecule has 5 heteroatoms. The van der Waals surface area contributed by atoms with E-state index in [4.69, 9.17) is 12.2 Å². The minimum absolute atomic E-state index is 0.167. The molecule has 0 fully saturated rings. The summed E-state index contributed by atoms with van der Waals surface area (Å²) in [5, 5.41) is 9.28. The standard InChI is InChI=1S/C14H16N2O2S/c1-3-9-6-5-7-10(4-2)12(9)16-11(13(17)18)8-15-14(16)19/h5-8H,3-4H2,1-2H3,(H,15,19)(H,17,18). The van der Waals surface area contributed by atoms with E-state index in [0.29, 0.717) is 4.77 Å². The molecule has 0 spiro atoms. The van der Waals surface area contributed by atoms with Crippen molar-refractivity contribution in [2.24, 2.45) is 0 Å². The fraction of sp³-hybridized carbons (Fsp3) is 0.286. The zero-order valence-corrected chi connectivity index (χ0v) is 11.8. The van der Waals surface area contributed by atoms with Crippen LogP contribution in [-0.4, -0.2) is 20.6 Å². The van der Waals surface area contributed by atoms with Crippen molar-refractivity contribution in [1.29, 1.82) is 0 Å². The van der Waals surface area contributed by atoms with Crippen molar-refractivity contribution in [3.63, 3.8) is 0 Å². The Morgan fingerprint density at radius 2 is 1.89 bits per heavy atom. The second-order valence-electron chi connectivity index (χ2n) is 4.25. The normalized spacial score (nSPS) is 10.6. The van der Waals surface area contributed by atoms with E-state index in [2.05, 4.69) is 18.8 Å². The minimum atomic E-state index is -0.986. The van der Waals surface area contributed by atoms with E-state index >= 15 is 0 Å². The number of carbonyl (C=O) groups is 1. The summed E-state index contributed by atoms with van der Waals surface area (Å²) >= 11 is 5.23. The number of aromatic amines is 1. The molecule has 4 nitrogen and oxygen atoms in total. The van der Waals surface area contributed by atoms with Crippen molar-refractivity contribution in [3.05, 3.63) is 46.0 Å². The van der Waals surface area contributed by atoms with Gasteiger partial charge in [-0.2, -0.15) is 0 Å². The van der Waals surface area contributed by atoms with E-state index < -0.39 is 5.97 Å². The van der Waals surface area contributed by atoms with E-state index in [0.717, 1.165) is 29.7 Å². The fourth-order valence-corrected chi connectivity index (χ4v) is 2.50. The highest BCUT2D eigenvalue weighted by Crippen LogP contribution is 2.23. The highest BCUT2D eigenvalue weighted by Gasteiger charge is 2.17. The summed E-state index contributed by atoms with van der Waals surface area (Å²) in [6.07, 6.45) is 3.10. The van der Waals surface area contributed by atoms with Gasteiger partial charge in [0.05, 0.1) is 5.69 Å². The third-order valence-electron chi connectivity index (χ3n) is 3.18. The molecule has 2 N–H and O–H groups in total. The van der Waals surface area contributed by atoms with Gasteiger partial charge in [-0.25, -0.2) is 4.79 Å². The number of aromatic carboxylic acids is 1. The number of carboxylic acid groups (broad SMARTS) is 1. The lowest BCUT2D eigenvalue weighted by molar-refractivity contribution is 0.0688. The summed E-state index contributed by atoms with van der Waals surface area (Å²) in [4.78, 5) is 14.1. The predicted octanol–water partition coefficient (Wildman–Crippen LogP) is 3.36. The molecule has 1 aromatic heterocycles. The first-order chi connectivity index (χ1) is 9.10. The van der Waals surface area contributed by atoms with Crippen LogP contribution in [0.25, 0.3) is 5.69 Å². The summed E-state index contributed by atoms with van der Waals surface area (Å²) in [6, 6.07) is 6.02. The van der Waals surface area contributed by atoms with Gasteiger partial charge in [0.15, 0.2) is 10.5 Å². The second kappa shape index (κ2) is 5.40. The third-order valence-corrected chi connectivity index (χ3v) is 3.48. The molecule has 0 aliphatic heterocycles. The lowest BCUT2D eigenvalue weighted by Crippen LogP contribution is -2.11. The molecule has 2 rings (SSSR count). The first kappa shape index (κ1) is 13.5. The Labute approximate surface area is 116 Å². The molecule has 2 aromatic rings. The molecule has 0 atom stereocenters. The number of carboxylic acids is 1. The highest BCUT2D eigenvalue weighted by molar-refractivity contribution is 7.71. The second-order valence-corrected chi connectivity index (χ2v) is 4.64. The van der Waals surface area contributed by atoms with Gasteiger partial charge in [0.2, 0.25) is 0 Å². The van der Waals surface area contributed by atoms with E-state index in [-0.39, 0.29) is 5.69 Å². The van der Waals surface area contributed by atoms with Crippen LogP contribution in [0.15, 0.2) is 24.4 Å². The molecule has 0 aliphatic carbocycles. The van der Waals surface area contributed by atoms with E-state index in [1.165, 1.54) is 6.20 Å². The molecule has 0 saturated carbocycles. The average molecular weight is 276 g/mol. The van der Waals surface area contributed by atoms with Crippen molar-refractivity contribution in [1.82, 2.24) is 9.55 Å². The number of nitrogens with one attached hydrogen (secondary N) is 1. The molecular formula is C14H16N2O2S. The maximum Gasteiger partial charge on any atom is 0.354 e. The summed E-state index contributed by atoms with van der Waals surface area (Å²) in [6.45, 7) is 4.10. The third kappa shape index (κ3) is 2.33. The number of nitrogens with zero attached hydrogens (tertiary/aromatic N) is 1. The number of aromatic nitrogens is 2. The van der Waals surface area contributed by atoms with Gasteiger partial charge in [-0.15, -0.1) is 0 Å². The number of para-hydroxylation sites is 1. The molecule has 0 unspecified atom stereocenters. The van der Waals surface area contributed by atoms with Gasteiger partial charge in [0.25, 0.3) is 0 Å². The van der Waals surface area contributed by atoms with Crippen molar-refractivity contribution in [3.8, 4) is 5.69 Å². The van der Waals surface area contributed by atoms with E-state index in [1.807, 2.05) is 18.2 Å². The van der Waals surface area contributed by atoms with Crippen LogP contribution in [0, 0.1) is 4.77 Å². The Bertz CT molecular complexity index is 648. The van der Waals surface area contributed by atoms with Crippen molar-refractivity contribution in [2.45, 2.75) is 26.7 Å². The maximum atomic E-state index is 11.3. The van der Waals surface area contributed by atoms with Gasteiger partial charge in [-0.1, -0.05) is 32.0 Å². The number of benzene rings is 1. The fourth-order valence-electron chi connectivity index (χ4n) is 2.25. The van der Waals surface area contributed by atoms with Crippen molar-refractivity contribution >= 4 is 18.2 Å². The largest absolute Gasteiger partial charge is 0.477 e. The molecule has 0 aliphatic rings. The maximum absolute atomic E-state index is 11.3. The average Bonchev–Trinajstić information content (AvgIpc) is 2.79. The molecule has 1 heterocycles. The lowest BCUT2D eigenvalue weighted by Gasteiger charge is -2.15. The number of imidazole rings is 1. The zero-order chi connectivity index (χ0) is 14.0. The molecule has 0 radical (unpaired) electrons. The van der Waals surface area contributed by atoms with Gasteiger partial charge in [0.1, 0.15) is 0 Å². The smallest absolute Gasteiger partial charge is 0.354 e. The minimum Gasteiger partial charge on any atom is -0.477 e. The van der Waals surface area contributed by atoms with Gasteiger partial charge in [0, 0.05) is 6.20 Å². The van der Waals surface area contributed by atoms with Crippen LogP contribution < -0.4 is 0 Å². The Morgan fingerprint density at radius 3 is 2.37 bits per heavy atom. The number of H-pyrrole nitrogens is 1. The topological polar surface area (TPSA) is 58.0 Å². The summed E-state index contributed by atoms with van der Waals surface area (Å²) in [5.41, 5.74) is 3.26. The molecule has 100 valence electrons. The van der Waals surface area contributed by atoms with Crippen LogP contribution >= 0.6 is 12.2 Å². The Balaban J connectivity index is 2.81. The predicted molar refractivity (Wildman–Crippen MR) is 76.7 cm³/mol. The quantitative estimate of drug-likeness (QED) is 0.842. The van der Waals surface area contributed by atoms with Crippen LogP contribution in [0.3, 0.4) is 0 Å². The molecule has 1 aromatic carbocycles. The monoisotopic (exact) mass is 276 g/mol. The lowest BCUT2D eigenvalue weighted by atomic mass is 10.0. The van der Waals surface area contributed by atoms with Gasteiger partial charge >= 0.3 is 5.97 Å². The Hall–Kier alpha value is -1.88. The summed E-state index contributed by atoms with van der Waals surface area (Å²) in [7, 11) is 0. The van der Waals surface area contributed by atoms with Gasteiger partial charge in [-0.05, 0) is 36.2 Å². The van der Waals surface area contributed by atoms with Gasteiger partial charge < -0.3 is 10.1 Å². The molecule has 19 heavy (non-hydrogen) atoms.